The number of benzene rings is 2. The molecule has 2 amide bonds. The van der Waals surface area contributed by atoms with Crippen molar-refractivity contribution in [1.82, 2.24) is 9.88 Å². The number of methoxy groups -OCH3 is 2. The minimum Gasteiger partial charge on any atom is -0.493 e. The summed E-state index contributed by atoms with van der Waals surface area (Å²) in [4.78, 5) is 30.1. The highest BCUT2D eigenvalue weighted by atomic mass is 32.1. The Hall–Kier alpha value is -4.11. The molecule has 0 aliphatic heterocycles. The summed E-state index contributed by atoms with van der Waals surface area (Å²) in [5.41, 5.74) is 1.39. The van der Waals surface area contributed by atoms with Gasteiger partial charge in [0, 0.05) is 17.1 Å². The number of ether oxygens (including phenoxy) is 2. The standard InChI is InChI=1S/C26H25N3O5S/c1-17(18-7-5-4-6-8-18)27-25(31)22-12-10-20(34-22)16-29-13-14-35-26(29)28-24(30)19-9-11-21(32-2)23(15-19)33-3/h4-15,17H,16H2,1-3H3,(H,27,31). The van der Waals surface area contributed by atoms with E-state index in [4.69, 9.17) is 13.9 Å². The lowest BCUT2D eigenvalue weighted by molar-refractivity contribution is 0.0909. The predicted molar refractivity (Wildman–Crippen MR) is 132 cm³/mol. The molecular weight excluding hydrogens is 466 g/mol. The van der Waals surface area contributed by atoms with Crippen LogP contribution in [-0.4, -0.2) is 30.6 Å². The topological polar surface area (TPSA) is 95.1 Å². The van der Waals surface area contributed by atoms with Gasteiger partial charge in [-0.2, -0.15) is 4.99 Å². The van der Waals surface area contributed by atoms with Crippen LogP contribution in [0.25, 0.3) is 0 Å². The molecule has 180 valence electrons. The second-order valence-electron chi connectivity index (χ2n) is 7.67. The van der Waals surface area contributed by atoms with E-state index < -0.39 is 5.91 Å². The fraction of sp³-hybridized carbons (Fsp3) is 0.192. The molecule has 0 saturated carbocycles. The molecule has 0 fully saturated rings. The fourth-order valence-electron chi connectivity index (χ4n) is 3.47. The highest BCUT2D eigenvalue weighted by Gasteiger charge is 2.16. The van der Waals surface area contributed by atoms with Crippen molar-refractivity contribution in [3.63, 3.8) is 0 Å². The maximum atomic E-state index is 12.8. The lowest BCUT2D eigenvalue weighted by atomic mass is 10.1. The minimum absolute atomic E-state index is 0.156. The Morgan fingerprint density at radius 2 is 1.83 bits per heavy atom. The van der Waals surface area contributed by atoms with Gasteiger partial charge in [0.2, 0.25) is 0 Å². The van der Waals surface area contributed by atoms with Gasteiger partial charge in [-0.25, -0.2) is 0 Å². The Morgan fingerprint density at radius 1 is 1.06 bits per heavy atom. The average molecular weight is 492 g/mol. The second kappa shape index (κ2) is 10.9. The number of thiazole rings is 1. The zero-order chi connectivity index (χ0) is 24.8. The van der Waals surface area contributed by atoms with Gasteiger partial charge in [-0.15, -0.1) is 11.3 Å². The lowest BCUT2D eigenvalue weighted by Crippen LogP contribution is -2.26. The quantitative estimate of drug-likeness (QED) is 0.393. The number of aromatic nitrogens is 1. The normalized spacial score (nSPS) is 12.3. The van der Waals surface area contributed by atoms with Gasteiger partial charge < -0.3 is 23.8 Å². The maximum absolute atomic E-state index is 12.8. The molecule has 1 atom stereocenters. The SMILES string of the molecule is COc1ccc(C(=O)N=c2sccn2Cc2ccc(C(=O)NC(C)c3ccccc3)o2)cc1OC. The molecule has 2 aromatic carbocycles. The van der Waals surface area contributed by atoms with Gasteiger partial charge in [0.15, 0.2) is 22.1 Å². The first-order chi connectivity index (χ1) is 17.0. The van der Waals surface area contributed by atoms with Gasteiger partial charge in [-0.3, -0.25) is 9.59 Å². The summed E-state index contributed by atoms with van der Waals surface area (Å²) < 4.78 is 18.0. The number of rotatable bonds is 8. The number of hydrogen-bond donors (Lipinski definition) is 1. The van der Waals surface area contributed by atoms with Crippen LogP contribution in [-0.2, 0) is 6.54 Å². The number of carbonyl (C=O) groups excluding carboxylic acids is 2. The zero-order valence-electron chi connectivity index (χ0n) is 19.6. The molecule has 9 heteroatoms. The smallest absolute Gasteiger partial charge is 0.287 e. The number of hydrogen-bond acceptors (Lipinski definition) is 6. The van der Waals surface area contributed by atoms with Gasteiger partial charge in [-0.05, 0) is 42.8 Å². The molecule has 0 radical (unpaired) electrons. The number of amides is 2. The van der Waals surface area contributed by atoms with Crippen LogP contribution in [0, 0.1) is 0 Å². The largest absolute Gasteiger partial charge is 0.493 e. The summed E-state index contributed by atoms with van der Waals surface area (Å²) in [5.74, 6) is 1.08. The third-order valence-electron chi connectivity index (χ3n) is 5.35. The molecule has 35 heavy (non-hydrogen) atoms. The van der Waals surface area contributed by atoms with Crippen LogP contribution in [0.4, 0.5) is 0 Å². The van der Waals surface area contributed by atoms with E-state index in [1.54, 1.807) is 34.9 Å². The third kappa shape index (κ3) is 5.70. The van der Waals surface area contributed by atoms with Crippen LogP contribution in [0.2, 0.25) is 0 Å². The number of carbonyl (C=O) groups is 2. The summed E-state index contributed by atoms with van der Waals surface area (Å²) in [6.07, 6.45) is 1.81. The minimum atomic E-state index is -0.406. The van der Waals surface area contributed by atoms with Gasteiger partial charge in [0.1, 0.15) is 5.76 Å². The lowest BCUT2D eigenvalue weighted by Gasteiger charge is -2.13. The molecule has 4 rings (SSSR count). The van der Waals surface area contributed by atoms with Crippen LogP contribution in [0.5, 0.6) is 11.5 Å². The van der Waals surface area contributed by atoms with Gasteiger partial charge >= 0.3 is 0 Å². The van der Waals surface area contributed by atoms with Crippen LogP contribution in [0.3, 0.4) is 0 Å². The van der Waals surface area contributed by atoms with Crippen LogP contribution in [0.15, 0.2) is 81.7 Å². The zero-order valence-corrected chi connectivity index (χ0v) is 20.4. The Balaban J connectivity index is 1.47. The van der Waals surface area contributed by atoms with Crippen molar-refractivity contribution in [2.24, 2.45) is 4.99 Å². The highest BCUT2D eigenvalue weighted by molar-refractivity contribution is 7.07. The average Bonchev–Trinajstić information content (AvgIpc) is 3.54. The summed E-state index contributed by atoms with van der Waals surface area (Å²) in [6.45, 7) is 2.24. The molecule has 0 saturated heterocycles. The molecule has 0 aliphatic carbocycles. The van der Waals surface area contributed by atoms with E-state index in [1.165, 1.54) is 25.6 Å². The highest BCUT2D eigenvalue weighted by Crippen LogP contribution is 2.27. The third-order valence-corrected chi connectivity index (χ3v) is 6.14. The van der Waals surface area contributed by atoms with Crippen molar-refractivity contribution in [3.05, 3.63) is 99.7 Å². The van der Waals surface area contributed by atoms with Crippen LogP contribution in [0.1, 0.15) is 45.2 Å². The first kappa shape index (κ1) is 24.0. The van der Waals surface area contributed by atoms with Crippen LogP contribution < -0.4 is 19.6 Å². The summed E-state index contributed by atoms with van der Waals surface area (Å²) >= 11 is 1.33. The van der Waals surface area contributed by atoms with Crippen molar-refractivity contribution in [2.75, 3.05) is 14.2 Å². The van der Waals surface area contributed by atoms with E-state index in [0.717, 1.165) is 5.56 Å². The molecule has 2 heterocycles. The first-order valence-electron chi connectivity index (χ1n) is 10.9. The molecule has 0 aliphatic rings. The molecule has 2 aromatic heterocycles. The Labute approximate surface area is 206 Å². The summed E-state index contributed by atoms with van der Waals surface area (Å²) in [7, 11) is 3.04. The number of nitrogens with zero attached hydrogens (tertiary/aromatic N) is 2. The molecule has 1 unspecified atom stereocenters. The van der Waals surface area contributed by atoms with E-state index in [2.05, 4.69) is 10.3 Å². The van der Waals surface area contributed by atoms with Gasteiger partial charge in [0.05, 0.1) is 26.8 Å². The molecule has 0 bridgehead atoms. The van der Waals surface area contributed by atoms with Crippen molar-refractivity contribution >= 4 is 23.2 Å². The Morgan fingerprint density at radius 3 is 2.57 bits per heavy atom. The van der Waals surface area contributed by atoms with Gasteiger partial charge in [-0.1, -0.05) is 30.3 Å². The molecule has 8 nitrogen and oxygen atoms in total. The van der Waals surface area contributed by atoms with Crippen molar-refractivity contribution < 1.29 is 23.5 Å². The van der Waals surface area contributed by atoms with E-state index >= 15 is 0 Å². The summed E-state index contributed by atoms with van der Waals surface area (Å²) in [6, 6.07) is 17.8. The molecule has 0 spiro atoms. The van der Waals surface area contributed by atoms with Gasteiger partial charge in [0.25, 0.3) is 11.8 Å². The summed E-state index contributed by atoms with van der Waals surface area (Å²) in [5, 5.41) is 4.77. The number of nitrogens with one attached hydrogen (secondary N) is 1. The van der Waals surface area contributed by atoms with Crippen molar-refractivity contribution in [3.8, 4) is 11.5 Å². The molecule has 1 N–H and O–H groups in total. The molecule has 4 aromatic rings. The Bertz CT molecular complexity index is 1390. The van der Waals surface area contributed by atoms with Crippen molar-refractivity contribution in [1.29, 1.82) is 0 Å². The number of furan rings is 1. The predicted octanol–water partition coefficient (Wildman–Crippen LogP) is 4.44. The van der Waals surface area contributed by atoms with E-state index in [1.807, 2.05) is 48.8 Å². The molecular formula is C26H25N3O5S. The van der Waals surface area contributed by atoms with E-state index in [9.17, 15) is 9.59 Å². The van der Waals surface area contributed by atoms with E-state index in [0.29, 0.717) is 34.2 Å². The second-order valence-corrected chi connectivity index (χ2v) is 8.55. The first-order valence-corrected chi connectivity index (χ1v) is 11.8. The Kier molecular flexibility index (Phi) is 7.47. The maximum Gasteiger partial charge on any atom is 0.287 e. The van der Waals surface area contributed by atoms with Crippen molar-refractivity contribution in [2.45, 2.75) is 19.5 Å². The fourth-order valence-corrected chi connectivity index (χ4v) is 4.20. The van der Waals surface area contributed by atoms with E-state index in [-0.39, 0.29) is 17.7 Å². The van der Waals surface area contributed by atoms with Crippen LogP contribution >= 0.6 is 11.3 Å². The monoisotopic (exact) mass is 491 g/mol.